The molecule has 1 aromatic heterocycles. The second-order valence-corrected chi connectivity index (χ2v) is 10.2. The molecule has 0 saturated carbocycles. The van der Waals surface area contributed by atoms with Gasteiger partial charge in [-0.25, -0.2) is 13.4 Å². The highest BCUT2D eigenvalue weighted by atomic mass is 32.2. The molecule has 0 radical (unpaired) electrons. The van der Waals surface area contributed by atoms with E-state index in [0.717, 1.165) is 28.1 Å². The molecule has 152 valence electrons. The second kappa shape index (κ2) is 7.63. The molecule has 7 heteroatoms. The lowest BCUT2D eigenvalue weighted by atomic mass is 10.1. The highest BCUT2D eigenvalue weighted by Crippen LogP contribution is 2.25. The standard InChI is InChI=1S/C22H25N3O3S/c1-15-7-8-18(11-16(15)2)23-22(26)13-25-20-6-4-3-5-19(20)24-21(25)12-17-9-10-29(27,28)14-17/h3-8,11,17H,9-10,12-14H2,1-2H3,(H,23,26)/t17-/m0/s1. The minimum atomic E-state index is -2.95. The predicted molar refractivity (Wildman–Crippen MR) is 115 cm³/mol. The third-order valence-corrected chi connectivity index (χ3v) is 7.46. The average molecular weight is 412 g/mol. The van der Waals surface area contributed by atoms with E-state index in [1.807, 2.05) is 60.9 Å². The maximum Gasteiger partial charge on any atom is 0.244 e. The zero-order chi connectivity index (χ0) is 20.6. The number of aryl methyl sites for hydroxylation is 2. The summed E-state index contributed by atoms with van der Waals surface area (Å²) in [5.74, 6) is 1.13. The summed E-state index contributed by atoms with van der Waals surface area (Å²) in [5.41, 5.74) is 4.78. The molecule has 29 heavy (non-hydrogen) atoms. The van der Waals surface area contributed by atoms with Gasteiger partial charge in [-0.3, -0.25) is 4.79 Å². The number of anilines is 1. The maximum atomic E-state index is 12.8. The Hall–Kier alpha value is -2.67. The van der Waals surface area contributed by atoms with Crippen molar-refractivity contribution in [2.75, 3.05) is 16.8 Å². The van der Waals surface area contributed by atoms with Crippen LogP contribution in [0, 0.1) is 19.8 Å². The summed E-state index contributed by atoms with van der Waals surface area (Å²) in [6.07, 6.45) is 1.21. The van der Waals surface area contributed by atoms with Gasteiger partial charge in [0.25, 0.3) is 0 Å². The Morgan fingerprint density at radius 2 is 1.97 bits per heavy atom. The summed E-state index contributed by atoms with van der Waals surface area (Å²) in [6, 6.07) is 13.6. The fourth-order valence-electron chi connectivity index (χ4n) is 3.91. The molecule has 6 nitrogen and oxygen atoms in total. The molecule has 3 aromatic rings. The number of carbonyl (C=O) groups excluding carboxylic acids is 1. The van der Waals surface area contributed by atoms with Crippen molar-refractivity contribution in [3.63, 3.8) is 0 Å². The normalized spacial score (nSPS) is 18.2. The molecule has 1 N–H and O–H groups in total. The lowest BCUT2D eigenvalue weighted by Gasteiger charge is -2.13. The minimum Gasteiger partial charge on any atom is -0.325 e. The second-order valence-electron chi connectivity index (χ2n) is 7.92. The number of benzene rings is 2. The highest BCUT2D eigenvalue weighted by molar-refractivity contribution is 7.91. The van der Waals surface area contributed by atoms with E-state index < -0.39 is 9.84 Å². The maximum absolute atomic E-state index is 12.8. The topological polar surface area (TPSA) is 81.1 Å². The molecular weight excluding hydrogens is 386 g/mol. The van der Waals surface area contributed by atoms with Gasteiger partial charge in [0.05, 0.1) is 22.5 Å². The molecule has 0 bridgehead atoms. The largest absolute Gasteiger partial charge is 0.325 e. The average Bonchev–Trinajstić information content (AvgIpc) is 3.18. The molecule has 1 aliphatic rings. The van der Waals surface area contributed by atoms with Crippen LogP contribution in [0.2, 0.25) is 0 Å². The third-order valence-electron chi connectivity index (χ3n) is 5.62. The monoisotopic (exact) mass is 411 g/mol. The van der Waals surface area contributed by atoms with Gasteiger partial charge in [0.2, 0.25) is 5.91 Å². The van der Waals surface area contributed by atoms with Crippen LogP contribution < -0.4 is 5.32 Å². The predicted octanol–water partition coefficient (Wildman–Crippen LogP) is 3.27. The molecule has 0 aliphatic carbocycles. The Labute approximate surface area is 170 Å². The van der Waals surface area contributed by atoms with Gasteiger partial charge in [0.1, 0.15) is 12.4 Å². The number of para-hydroxylation sites is 2. The van der Waals surface area contributed by atoms with Crippen LogP contribution in [0.4, 0.5) is 5.69 Å². The molecule has 1 aliphatic heterocycles. The van der Waals surface area contributed by atoms with E-state index >= 15 is 0 Å². The molecule has 1 fully saturated rings. The first-order chi connectivity index (χ1) is 13.8. The number of rotatable bonds is 5. The van der Waals surface area contributed by atoms with Crippen LogP contribution in [0.15, 0.2) is 42.5 Å². The van der Waals surface area contributed by atoms with Crippen LogP contribution in [0.5, 0.6) is 0 Å². The Bertz CT molecular complexity index is 1180. The lowest BCUT2D eigenvalue weighted by molar-refractivity contribution is -0.116. The van der Waals surface area contributed by atoms with Crippen LogP contribution >= 0.6 is 0 Å². The van der Waals surface area contributed by atoms with Gasteiger partial charge >= 0.3 is 0 Å². The summed E-state index contributed by atoms with van der Waals surface area (Å²) in [7, 11) is -2.95. The smallest absolute Gasteiger partial charge is 0.244 e. The zero-order valence-corrected chi connectivity index (χ0v) is 17.5. The van der Waals surface area contributed by atoms with E-state index in [1.54, 1.807) is 0 Å². The van der Waals surface area contributed by atoms with Crippen molar-refractivity contribution >= 4 is 32.5 Å². The molecule has 0 spiro atoms. The number of sulfone groups is 1. The number of nitrogens with zero attached hydrogens (tertiary/aromatic N) is 2. The number of hydrogen-bond donors (Lipinski definition) is 1. The number of aromatic nitrogens is 2. The van der Waals surface area contributed by atoms with Crippen molar-refractivity contribution in [2.45, 2.75) is 33.2 Å². The number of nitrogens with one attached hydrogen (secondary N) is 1. The van der Waals surface area contributed by atoms with E-state index in [2.05, 4.69) is 5.32 Å². The summed E-state index contributed by atoms with van der Waals surface area (Å²) in [5, 5.41) is 2.96. The van der Waals surface area contributed by atoms with Crippen LogP contribution in [0.25, 0.3) is 11.0 Å². The third kappa shape index (κ3) is 4.34. The molecule has 2 heterocycles. The van der Waals surface area contributed by atoms with E-state index in [1.165, 1.54) is 5.56 Å². The van der Waals surface area contributed by atoms with Crippen LogP contribution in [0.1, 0.15) is 23.4 Å². The minimum absolute atomic E-state index is 0.0540. The first-order valence-corrected chi connectivity index (χ1v) is 11.6. The van der Waals surface area contributed by atoms with Crippen molar-refractivity contribution in [3.05, 3.63) is 59.4 Å². The van der Waals surface area contributed by atoms with Gasteiger partial charge in [-0.1, -0.05) is 18.2 Å². The first kappa shape index (κ1) is 19.6. The highest BCUT2D eigenvalue weighted by Gasteiger charge is 2.29. The molecule has 0 unspecified atom stereocenters. The van der Waals surface area contributed by atoms with Gasteiger partial charge < -0.3 is 9.88 Å². The summed E-state index contributed by atoms with van der Waals surface area (Å²) < 4.78 is 25.6. The first-order valence-electron chi connectivity index (χ1n) is 9.82. The summed E-state index contributed by atoms with van der Waals surface area (Å²) in [6.45, 7) is 4.19. The van der Waals surface area contributed by atoms with Crippen LogP contribution in [-0.2, 0) is 27.6 Å². The van der Waals surface area contributed by atoms with E-state index in [9.17, 15) is 13.2 Å². The van der Waals surface area contributed by atoms with Crippen molar-refractivity contribution in [3.8, 4) is 0 Å². The molecule has 1 amide bonds. The van der Waals surface area contributed by atoms with E-state index in [4.69, 9.17) is 4.98 Å². The fourth-order valence-corrected chi connectivity index (χ4v) is 5.77. The molecule has 4 rings (SSSR count). The number of fused-ring (bicyclic) bond motifs is 1. The Morgan fingerprint density at radius 3 is 2.69 bits per heavy atom. The van der Waals surface area contributed by atoms with Gasteiger partial charge in [-0.15, -0.1) is 0 Å². The van der Waals surface area contributed by atoms with E-state index in [-0.39, 0.29) is 29.9 Å². The zero-order valence-electron chi connectivity index (χ0n) is 16.7. The fraction of sp³-hybridized carbons (Fsp3) is 0.364. The Kier molecular flexibility index (Phi) is 5.17. The van der Waals surface area contributed by atoms with Crippen molar-refractivity contribution in [2.24, 2.45) is 5.92 Å². The van der Waals surface area contributed by atoms with Crippen molar-refractivity contribution in [1.82, 2.24) is 9.55 Å². The molecular formula is C22H25N3O3S. The number of carbonyl (C=O) groups is 1. The van der Waals surface area contributed by atoms with Gasteiger partial charge in [0.15, 0.2) is 9.84 Å². The Morgan fingerprint density at radius 1 is 1.17 bits per heavy atom. The number of amides is 1. The SMILES string of the molecule is Cc1ccc(NC(=O)Cn2c(C[C@@H]3CCS(=O)(=O)C3)nc3ccccc32)cc1C. The molecule has 2 aromatic carbocycles. The number of imidazole rings is 1. The van der Waals surface area contributed by atoms with Gasteiger partial charge in [0, 0.05) is 12.1 Å². The Balaban J connectivity index is 1.58. The van der Waals surface area contributed by atoms with Crippen molar-refractivity contribution < 1.29 is 13.2 Å². The van der Waals surface area contributed by atoms with Crippen molar-refractivity contribution in [1.29, 1.82) is 0 Å². The lowest BCUT2D eigenvalue weighted by Crippen LogP contribution is -2.21. The quantitative estimate of drug-likeness (QED) is 0.699. The summed E-state index contributed by atoms with van der Waals surface area (Å²) in [4.78, 5) is 17.5. The number of hydrogen-bond acceptors (Lipinski definition) is 4. The van der Waals surface area contributed by atoms with Crippen LogP contribution in [-0.4, -0.2) is 35.4 Å². The van der Waals surface area contributed by atoms with Gasteiger partial charge in [-0.05, 0) is 61.6 Å². The molecule has 1 atom stereocenters. The summed E-state index contributed by atoms with van der Waals surface area (Å²) >= 11 is 0. The van der Waals surface area contributed by atoms with Gasteiger partial charge in [-0.2, -0.15) is 0 Å². The van der Waals surface area contributed by atoms with Crippen LogP contribution in [0.3, 0.4) is 0 Å². The van der Waals surface area contributed by atoms with E-state index in [0.29, 0.717) is 12.8 Å². The molecule has 1 saturated heterocycles.